The Labute approximate surface area is 220 Å². The van der Waals surface area contributed by atoms with E-state index in [0.717, 1.165) is 41.8 Å². The number of rotatable bonds is 11. The van der Waals surface area contributed by atoms with Crippen LogP contribution in [0.4, 0.5) is 22.4 Å². The second-order valence-electron chi connectivity index (χ2n) is 7.79. The van der Waals surface area contributed by atoms with Crippen LogP contribution in [0.15, 0.2) is 64.8 Å². The maximum absolute atomic E-state index is 13.0. The van der Waals surface area contributed by atoms with Crippen LogP contribution < -0.4 is 21.5 Å². The largest absolute Gasteiger partial charge is 0.368 e. The molecule has 0 bridgehead atoms. The van der Waals surface area contributed by atoms with Gasteiger partial charge in [0.1, 0.15) is 0 Å². The van der Waals surface area contributed by atoms with Crippen LogP contribution in [-0.2, 0) is 0 Å². The summed E-state index contributed by atoms with van der Waals surface area (Å²) in [6, 6.07) is 15.3. The quantitative estimate of drug-likeness (QED) is 0.162. The molecule has 0 spiro atoms. The number of nitrogens with two attached hydrogens (primary N) is 1. The van der Waals surface area contributed by atoms with Crippen molar-refractivity contribution in [3.05, 3.63) is 75.8 Å². The molecule has 0 unspecified atom stereocenters. The Balaban J connectivity index is 1.79. The van der Waals surface area contributed by atoms with E-state index in [1.807, 2.05) is 12.1 Å². The zero-order valence-corrected chi connectivity index (χ0v) is 21.4. The highest BCUT2D eigenvalue weighted by Gasteiger charge is 2.18. The smallest absolute Gasteiger partial charge is 0.344 e. The summed E-state index contributed by atoms with van der Waals surface area (Å²) < 4.78 is 0. The molecule has 1 heterocycles. The fourth-order valence-corrected chi connectivity index (χ4v) is 3.30. The minimum Gasteiger partial charge on any atom is -0.368 e. The third-order valence-corrected chi connectivity index (χ3v) is 5.40. The number of unbranched alkanes of at least 4 members (excludes halogenated alkanes) is 3. The number of nitrogens with zero attached hydrogens (tertiary/aromatic N) is 5. The van der Waals surface area contributed by atoms with Crippen molar-refractivity contribution in [2.75, 3.05) is 22.7 Å². The lowest BCUT2D eigenvalue weighted by Crippen LogP contribution is -2.38. The molecule has 2 amide bonds. The molecule has 1 aromatic heterocycles. The fraction of sp³-hybridized carbons (Fsp3) is 0.240. The number of nitrogens with one attached hydrogen (secondary N) is 2. The average molecular weight is 527 g/mol. The van der Waals surface area contributed by atoms with Gasteiger partial charge in [-0.1, -0.05) is 73.7 Å². The van der Waals surface area contributed by atoms with Gasteiger partial charge < -0.3 is 11.1 Å². The van der Waals surface area contributed by atoms with Gasteiger partial charge in [0, 0.05) is 22.7 Å². The van der Waals surface area contributed by atoms with Gasteiger partial charge in [-0.25, -0.2) is 4.79 Å². The lowest BCUT2D eigenvalue weighted by Gasteiger charge is -2.17. The summed E-state index contributed by atoms with van der Waals surface area (Å²) in [6.07, 6.45) is 7.27. The first kappa shape index (κ1) is 26.9. The first-order valence-electron chi connectivity index (χ1n) is 11.5. The van der Waals surface area contributed by atoms with E-state index in [2.05, 4.69) is 37.8 Å². The molecule has 11 heteroatoms. The van der Waals surface area contributed by atoms with Crippen LogP contribution in [0.25, 0.3) is 0 Å². The van der Waals surface area contributed by atoms with Crippen molar-refractivity contribution >= 4 is 59.2 Å². The molecule has 0 saturated carbocycles. The summed E-state index contributed by atoms with van der Waals surface area (Å²) in [7, 11) is 0. The molecule has 188 valence electrons. The molecule has 0 aliphatic rings. The molecule has 3 rings (SSSR count). The van der Waals surface area contributed by atoms with Gasteiger partial charge in [-0.2, -0.15) is 25.2 Å². The standard InChI is InChI=1S/C25H28Cl2N8O/c1-2-3-4-5-14-29-25(36)35(31-17-19-8-12-21(27)13-9-19)23-15-22(32-24(28)33-23)34-30-16-18-6-10-20(26)11-7-18/h6-13,15-17H,2-5,14H2,1H3,(H,29,36)(H3,28,32,33,34)/b30-16+,31-17+. The Bertz CT molecular complexity index is 1180. The summed E-state index contributed by atoms with van der Waals surface area (Å²) in [6.45, 7) is 2.65. The normalized spacial score (nSPS) is 11.2. The van der Waals surface area contributed by atoms with Crippen molar-refractivity contribution in [2.45, 2.75) is 32.6 Å². The third-order valence-electron chi connectivity index (χ3n) is 4.90. The molecule has 4 N–H and O–H groups in total. The highest BCUT2D eigenvalue weighted by Crippen LogP contribution is 2.18. The van der Waals surface area contributed by atoms with Gasteiger partial charge in [0.05, 0.1) is 12.4 Å². The zero-order chi connectivity index (χ0) is 25.8. The second kappa shape index (κ2) is 14.0. The second-order valence-corrected chi connectivity index (χ2v) is 8.66. The highest BCUT2D eigenvalue weighted by atomic mass is 35.5. The van der Waals surface area contributed by atoms with Gasteiger partial charge in [0.15, 0.2) is 11.6 Å². The molecule has 0 aliphatic heterocycles. The molecule has 0 atom stereocenters. The molecule has 0 fully saturated rings. The van der Waals surface area contributed by atoms with Crippen LogP contribution in [0.3, 0.4) is 0 Å². The Hall–Kier alpha value is -3.69. The van der Waals surface area contributed by atoms with E-state index in [-0.39, 0.29) is 11.8 Å². The molecule has 9 nitrogen and oxygen atoms in total. The third kappa shape index (κ3) is 8.83. The average Bonchev–Trinajstić information content (AvgIpc) is 2.86. The topological polar surface area (TPSA) is 121 Å². The number of urea groups is 1. The van der Waals surface area contributed by atoms with Crippen LogP contribution in [0.2, 0.25) is 10.0 Å². The first-order valence-corrected chi connectivity index (χ1v) is 12.3. The molecule has 0 aliphatic carbocycles. The van der Waals surface area contributed by atoms with Crippen molar-refractivity contribution in [1.29, 1.82) is 0 Å². The number of hydrogen-bond acceptors (Lipinski definition) is 7. The minimum absolute atomic E-state index is 0.0425. The Morgan fingerprint density at radius 1 is 0.972 bits per heavy atom. The Kier molecular flexibility index (Phi) is 10.5. The number of aromatic nitrogens is 2. The van der Waals surface area contributed by atoms with Crippen LogP contribution in [0.1, 0.15) is 43.7 Å². The van der Waals surface area contributed by atoms with Crippen molar-refractivity contribution in [3.8, 4) is 0 Å². The summed E-state index contributed by atoms with van der Waals surface area (Å²) in [5, 5.41) is 13.8. The van der Waals surface area contributed by atoms with Crippen LogP contribution >= 0.6 is 23.2 Å². The van der Waals surface area contributed by atoms with Crippen molar-refractivity contribution < 1.29 is 4.79 Å². The van der Waals surface area contributed by atoms with Crippen molar-refractivity contribution in [2.24, 2.45) is 10.2 Å². The minimum atomic E-state index is -0.439. The highest BCUT2D eigenvalue weighted by molar-refractivity contribution is 6.30. The van der Waals surface area contributed by atoms with Gasteiger partial charge in [-0.15, -0.1) is 0 Å². The van der Waals surface area contributed by atoms with E-state index in [1.54, 1.807) is 42.6 Å². The molecular weight excluding hydrogens is 499 g/mol. The number of benzene rings is 2. The Morgan fingerprint density at radius 2 is 1.61 bits per heavy atom. The van der Waals surface area contributed by atoms with Crippen LogP contribution in [-0.4, -0.2) is 35.0 Å². The number of carbonyl (C=O) groups excluding carboxylic acids is 1. The summed E-state index contributed by atoms with van der Waals surface area (Å²) in [4.78, 5) is 21.4. The molecule has 0 saturated heterocycles. The van der Waals surface area contributed by atoms with Gasteiger partial charge in [0.25, 0.3) is 0 Å². The van der Waals surface area contributed by atoms with Crippen LogP contribution in [0, 0.1) is 0 Å². The molecule has 0 radical (unpaired) electrons. The van der Waals surface area contributed by atoms with Crippen molar-refractivity contribution in [3.63, 3.8) is 0 Å². The first-order chi connectivity index (χ1) is 17.4. The molecule has 36 heavy (non-hydrogen) atoms. The number of carbonyl (C=O) groups is 1. The van der Waals surface area contributed by atoms with Gasteiger partial charge in [0.2, 0.25) is 5.95 Å². The number of halogens is 2. The SMILES string of the molecule is CCCCCCNC(=O)N(/N=C/c1ccc(Cl)cc1)c1cc(N/N=C/c2ccc(Cl)cc2)nc(N)n1. The zero-order valence-electron chi connectivity index (χ0n) is 19.9. The predicted octanol–water partition coefficient (Wildman–Crippen LogP) is 5.94. The Morgan fingerprint density at radius 3 is 2.25 bits per heavy atom. The van der Waals surface area contributed by atoms with Gasteiger partial charge >= 0.3 is 6.03 Å². The number of amides is 2. The number of anilines is 3. The number of hydrazone groups is 2. The molecule has 2 aromatic carbocycles. The molecular formula is C25H28Cl2N8O. The molecule has 3 aromatic rings. The number of nitrogen functional groups attached to an aromatic ring is 1. The number of hydrogen-bond donors (Lipinski definition) is 3. The summed E-state index contributed by atoms with van der Waals surface area (Å²) in [5.74, 6) is 0.437. The lowest BCUT2D eigenvalue weighted by molar-refractivity contribution is 0.246. The van der Waals surface area contributed by atoms with E-state index < -0.39 is 6.03 Å². The van der Waals surface area contributed by atoms with Crippen molar-refractivity contribution in [1.82, 2.24) is 15.3 Å². The monoisotopic (exact) mass is 526 g/mol. The van der Waals surface area contributed by atoms with Crippen LogP contribution in [0.5, 0.6) is 0 Å². The summed E-state index contributed by atoms with van der Waals surface area (Å²) >= 11 is 11.9. The predicted molar refractivity (Wildman–Crippen MR) is 148 cm³/mol. The van der Waals surface area contributed by atoms with E-state index >= 15 is 0 Å². The summed E-state index contributed by atoms with van der Waals surface area (Å²) in [5.41, 5.74) is 10.3. The van der Waals surface area contributed by atoms with E-state index in [1.165, 1.54) is 12.3 Å². The maximum Gasteiger partial charge on any atom is 0.344 e. The van der Waals surface area contributed by atoms with Gasteiger partial charge in [-0.05, 0) is 41.8 Å². The maximum atomic E-state index is 13.0. The van der Waals surface area contributed by atoms with E-state index in [9.17, 15) is 4.79 Å². The lowest BCUT2D eigenvalue weighted by atomic mass is 10.2. The van der Waals surface area contributed by atoms with E-state index in [4.69, 9.17) is 28.9 Å². The van der Waals surface area contributed by atoms with E-state index in [0.29, 0.717) is 22.4 Å². The van der Waals surface area contributed by atoms with Gasteiger partial charge in [-0.3, -0.25) is 5.43 Å². The fourth-order valence-electron chi connectivity index (χ4n) is 3.05.